The minimum atomic E-state index is -1.01. The fourth-order valence-corrected chi connectivity index (χ4v) is 1.13. The summed E-state index contributed by atoms with van der Waals surface area (Å²) in [6, 6.07) is 3.08. The molecule has 0 fully saturated rings. The number of benzene rings is 1. The summed E-state index contributed by atoms with van der Waals surface area (Å²) in [6.07, 6.45) is 0. The number of amides is 1. The molecule has 1 aromatic rings. The number of hydrogen-bond donors (Lipinski definition) is 1. The summed E-state index contributed by atoms with van der Waals surface area (Å²) >= 11 is 0. The minimum absolute atomic E-state index is 0.123. The van der Waals surface area contributed by atoms with Crippen LogP contribution in [-0.4, -0.2) is 38.0 Å². The van der Waals surface area contributed by atoms with E-state index in [1.54, 1.807) is 0 Å². The molecule has 88 valence electrons. The summed E-state index contributed by atoms with van der Waals surface area (Å²) in [4.78, 5) is 13.4. The third-order valence-electron chi connectivity index (χ3n) is 2.03. The monoisotopic (exact) mass is 228 g/mol. The Kier molecular flexibility index (Phi) is 4.37. The summed E-state index contributed by atoms with van der Waals surface area (Å²) < 4.78 is 25.4. The Bertz CT molecular complexity index is 380. The number of likely N-dealkylation sites (N-methyl/N-ethyl adjacent to an activating group) is 1. The highest BCUT2D eigenvalue weighted by molar-refractivity contribution is 5.94. The van der Waals surface area contributed by atoms with Gasteiger partial charge in [0.1, 0.15) is 0 Å². The summed E-state index contributed by atoms with van der Waals surface area (Å²) in [5, 5.41) is 2.61. The maximum Gasteiger partial charge on any atom is 0.251 e. The van der Waals surface area contributed by atoms with Crippen molar-refractivity contribution < 1.29 is 13.6 Å². The van der Waals surface area contributed by atoms with Crippen LogP contribution in [0.1, 0.15) is 10.4 Å². The first kappa shape index (κ1) is 12.6. The molecule has 0 aliphatic rings. The highest BCUT2D eigenvalue weighted by Crippen LogP contribution is 2.08. The van der Waals surface area contributed by atoms with Gasteiger partial charge in [-0.05, 0) is 32.3 Å². The molecule has 0 unspecified atom stereocenters. The van der Waals surface area contributed by atoms with Crippen molar-refractivity contribution in [3.05, 3.63) is 35.4 Å². The minimum Gasteiger partial charge on any atom is -0.351 e. The number of nitrogens with one attached hydrogen (secondary N) is 1. The summed E-state index contributed by atoms with van der Waals surface area (Å²) in [6.45, 7) is 1.15. The molecule has 0 atom stereocenters. The molecule has 1 aromatic carbocycles. The lowest BCUT2D eigenvalue weighted by molar-refractivity contribution is 0.0950. The first-order valence-electron chi connectivity index (χ1n) is 4.88. The number of carbonyl (C=O) groups is 1. The van der Waals surface area contributed by atoms with Gasteiger partial charge in [0, 0.05) is 18.7 Å². The molecule has 3 nitrogen and oxygen atoms in total. The molecule has 0 aliphatic carbocycles. The van der Waals surface area contributed by atoms with E-state index in [0.29, 0.717) is 13.1 Å². The van der Waals surface area contributed by atoms with Gasteiger partial charge in [-0.2, -0.15) is 0 Å². The number of carbonyl (C=O) groups excluding carboxylic acids is 1. The predicted octanol–water partition coefficient (Wildman–Crippen LogP) is 1.26. The van der Waals surface area contributed by atoms with Crippen molar-refractivity contribution >= 4 is 5.91 Å². The average molecular weight is 228 g/mol. The fourth-order valence-electron chi connectivity index (χ4n) is 1.13. The van der Waals surface area contributed by atoms with Gasteiger partial charge in [-0.15, -0.1) is 0 Å². The van der Waals surface area contributed by atoms with Crippen LogP contribution >= 0.6 is 0 Å². The van der Waals surface area contributed by atoms with Gasteiger partial charge in [-0.1, -0.05) is 0 Å². The number of rotatable bonds is 4. The van der Waals surface area contributed by atoms with Crippen LogP contribution in [0, 0.1) is 11.6 Å². The van der Waals surface area contributed by atoms with Crippen LogP contribution in [0.3, 0.4) is 0 Å². The lowest BCUT2D eigenvalue weighted by Crippen LogP contribution is -2.31. The van der Waals surface area contributed by atoms with Crippen molar-refractivity contribution in [3.63, 3.8) is 0 Å². The Morgan fingerprint density at radius 3 is 2.56 bits per heavy atom. The van der Waals surface area contributed by atoms with Crippen molar-refractivity contribution in [1.29, 1.82) is 0 Å². The van der Waals surface area contributed by atoms with E-state index in [1.165, 1.54) is 6.07 Å². The number of halogens is 2. The van der Waals surface area contributed by atoms with Crippen LogP contribution in [0.5, 0.6) is 0 Å². The smallest absolute Gasteiger partial charge is 0.251 e. The van der Waals surface area contributed by atoms with Crippen LogP contribution in [0.25, 0.3) is 0 Å². The van der Waals surface area contributed by atoms with Crippen molar-refractivity contribution in [2.45, 2.75) is 0 Å². The van der Waals surface area contributed by atoms with Gasteiger partial charge in [0.05, 0.1) is 0 Å². The van der Waals surface area contributed by atoms with Gasteiger partial charge < -0.3 is 10.2 Å². The lowest BCUT2D eigenvalue weighted by Gasteiger charge is -2.10. The summed E-state index contributed by atoms with van der Waals surface area (Å²) in [5.74, 6) is -2.37. The molecule has 0 heterocycles. The van der Waals surface area contributed by atoms with Gasteiger partial charge in [-0.25, -0.2) is 8.78 Å². The predicted molar refractivity (Wildman–Crippen MR) is 57.2 cm³/mol. The molecule has 1 rings (SSSR count). The second-order valence-electron chi connectivity index (χ2n) is 3.69. The van der Waals surface area contributed by atoms with E-state index in [0.717, 1.165) is 12.1 Å². The molecule has 0 spiro atoms. The first-order chi connectivity index (χ1) is 7.50. The van der Waals surface area contributed by atoms with E-state index in [1.807, 2.05) is 19.0 Å². The second kappa shape index (κ2) is 5.55. The Balaban J connectivity index is 2.56. The fraction of sp³-hybridized carbons (Fsp3) is 0.364. The summed E-state index contributed by atoms with van der Waals surface area (Å²) in [5.41, 5.74) is 0.123. The first-order valence-corrected chi connectivity index (χ1v) is 4.88. The maximum absolute atomic E-state index is 12.8. The van der Waals surface area contributed by atoms with Crippen molar-refractivity contribution in [2.75, 3.05) is 27.2 Å². The van der Waals surface area contributed by atoms with Crippen LogP contribution < -0.4 is 5.32 Å². The Morgan fingerprint density at radius 2 is 2.00 bits per heavy atom. The van der Waals surface area contributed by atoms with Crippen molar-refractivity contribution in [1.82, 2.24) is 10.2 Å². The molecule has 1 N–H and O–H groups in total. The summed E-state index contributed by atoms with van der Waals surface area (Å²) in [7, 11) is 3.76. The highest BCUT2D eigenvalue weighted by Gasteiger charge is 2.08. The normalized spacial score (nSPS) is 10.6. The molecule has 1 amide bonds. The van der Waals surface area contributed by atoms with Gasteiger partial charge in [0.2, 0.25) is 0 Å². The van der Waals surface area contributed by atoms with Crippen LogP contribution in [0.2, 0.25) is 0 Å². The van der Waals surface area contributed by atoms with E-state index in [4.69, 9.17) is 0 Å². The van der Waals surface area contributed by atoms with E-state index in [2.05, 4.69) is 5.32 Å². The Morgan fingerprint density at radius 1 is 1.31 bits per heavy atom. The van der Waals surface area contributed by atoms with Gasteiger partial charge in [0.25, 0.3) is 5.91 Å². The zero-order valence-corrected chi connectivity index (χ0v) is 9.26. The largest absolute Gasteiger partial charge is 0.351 e. The van der Waals surface area contributed by atoms with Crippen molar-refractivity contribution in [2.24, 2.45) is 0 Å². The zero-order valence-electron chi connectivity index (χ0n) is 9.26. The number of nitrogens with zero attached hydrogens (tertiary/aromatic N) is 1. The van der Waals surface area contributed by atoms with Crippen LogP contribution in [0.15, 0.2) is 18.2 Å². The molecule has 0 bridgehead atoms. The van der Waals surface area contributed by atoms with E-state index >= 15 is 0 Å². The second-order valence-corrected chi connectivity index (χ2v) is 3.69. The average Bonchev–Trinajstić information content (AvgIpc) is 2.21. The van der Waals surface area contributed by atoms with Gasteiger partial charge in [-0.3, -0.25) is 4.79 Å². The molecule has 16 heavy (non-hydrogen) atoms. The van der Waals surface area contributed by atoms with E-state index in [-0.39, 0.29) is 5.56 Å². The standard InChI is InChI=1S/C11H14F2N2O/c1-15(2)6-5-14-11(16)8-3-4-9(12)10(13)7-8/h3-4,7H,5-6H2,1-2H3,(H,14,16). The molecule has 0 aromatic heterocycles. The topological polar surface area (TPSA) is 32.3 Å². The van der Waals surface area contributed by atoms with Gasteiger partial charge in [0.15, 0.2) is 11.6 Å². The molecule has 5 heteroatoms. The zero-order chi connectivity index (χ0) is 12.1. The van der Waals surface area contributed by atoms with Crippen LogP contribution in [-0.2, 0) is 0 Å². The molecule has 0 radical (unpaired) electrons. The quantitative estimate of drug-likeness (QED) is 0.841. The molecular weight excluding hydrogens is 214 g/mol. The lowest BCUT2D eigenvalue weighted by atomic mass is 10.2. The third kappa shape index (κ3) is 3.58. The molecule has 0 saturated heterocycles. The van der Waals surface area contributed by atoms with Gasteiger partial charge >= 0.3 is 0 Å². The Labute approximate surface area is 93.1 Å². The SMILES string of the molecule is CN(C)CCNC(=O)c1ccc(F)c(F)c1. The molecular formula is C11H14F2N2O. The van der Waals surface area contributed by atoms with E-state index < -0.39 is 17.5 Å². The van der Waals surface area contributed by atoms with E-state index in [9.17, 15) is 13.6 Å². The molecule has 0 saturated carbocycles. The van der Waals surface area contributed by atoms with Crippen LogP contribution in [0.4, 0.5) is 8.78 Å². The third-order valence-corrected chi connectivity index (χ3v) is 2.03. The maximum atomic E-state index is 12.8. The Hall–Kier alpha value is -1.49. The molecule has 0 aliphatic heterocycles. The van der Waals surface area contributed by atoms with Crippen molar-refractivity contribution in [3.8, 4) is 0 Å². The number of hydrogen-bond acceptors (Lipinski definition) is 2. The highest BCUT2D eigenvalue weighted by atomic mass is 19.2.